The summed E-state index contributed by atoms with van der Waals surface area (Å²) in [5.41, 5.74) is 8.00. The minimum absolute atomic E-state index is 0.0438. The molecule has 2 aromatic rings. The van der Waals surface area contributed by atoms with Crippen LogP contribution in [0.1, 0.15) is 21.5 Å². The molecule has 2 rings (SSSR count). The van der Waals surface area contributed by atoms with Crippen LogP contribution in [0, 0.1) is 13.8 Å². The van der Waals surface area contributed by atoms with Crippen molar-refractivity contribution in [2.75, 3.05) is 5.73 Å². The Hall–Kier alpha value is -2.49. The SMILES string of the molecule is Cc1ccc(Oc2ccc(N)c(C(=O)O)c2)c(C)c1. The number of nitrogen functional groups attached to an aromatic ring is 1. The number of carbonyl (C=O) groups is 1. The first-order valence-corrected chi connectivity index (χ1v) is 5.85. The maximum atomic E-state index is 11.0. The number of benzene rings is 2. The summed E-state index contributed by atoms with van der Waals surface area (Å²) in [5, 5.41) is 9.01. The summed E-state index contributed by atoms with van der Waals surface area (Å²) in [6.07, 6.45) is 0. The predicted molar refractivity (Wildman–Crippen MR) is 73.8 cm³/mol. The second kappa shape index (κ2) is 5.02. The zero-order valence-corrected chi connectivity index (χ0v) is 10.8. The lowest BCUT2D eigenvalue weighted by molar-refractivity contribution is 0.0697. The Labute approximate surface area is 111 Å². The maximum Gasteiger partial charge on any atom is 0.337 e. The summed E-state index contributed by atoms with van der Waals surface area (Å²) in [6, 6.07) is 10.4. The summed E-state index contributed by atoms with van der Waals surface area (Å²) in [5.74, 6) is 0.0915. The zero-order valence-electron chi connectivity index (χ0n) is 10.8. The quantitative estimate of drug-likeness (QED) is 0.827. The molecule has 0 aliphatic heterocycles. The van der Waals surface area contributed by atoms with E-state index in [0.29, 0.717) is 11.5 Å². The number of aromatic carboxylic acids is 1. The Kier molecular flexibility index (Phi) is 3.42. The highest BCUT2D eigenvalue weighted by molar-refractivity contribution is 5.94. The molecule has 19 heavy (non-hydrogen) atoms. The van der Waals surface area contributed by atoms with Crippen molar-refractivity contribution in [1.29, 1.82) is 0 Å². The van der Waals surface area contributed by atoms with Crippen molar-refractivity contribution < 1.29 is 14.6 Å². The maximum absolute atomic E-state index is 11.0. The topological polar surface area (TPSA) is 72.5 Å². The number of rotatable bonds is 3. The van der Waals surface area contributed by atoms with Gasteiger partial charge in [0.15, 0.2) is 0 Å². The average molecular weight is 257 g/mol. The molecule has 0 aliphatic carbocycles. The number of hydrogen-bond donors (Lipinski definition) is 2. The molecule has 0 amide bonds. The molecule has 0 unspecified atom stereocenters. The van der Waals surface area contributed by atoms with Crippen LogP contribution in [-0.4, -0.2) is 11.1 Å². The van der Waals surface area contributed by atoms with E-state index in [4.69, 9.17) is 15.6 Å². The Morgan fingerprint density at radius 3 is 2.53 bits per heavy atom. The van der Waals surface area contributed by atoms with Gasteiger partial charge in [-0.1, -0.05) is 17.7 Å². The molecule has 0 bridgehead atoms. The Morgan fingerprint density at radius 2 is 1.89 bits per heavy atom. The van der Waals surface area contributed by atoms with Gasteiger partial charge in [0.25, 0.3) is 0 Å². The third-order valence-corrected chi connectivity index (χ3v) is 2.81. The van der Waals surface area contributed by atoms with Crippen LogP contribution >= 0.6 is 0 Å². The van der Waals surface area contributed by atoms with Crippen LogP contribution in [0.25, 0.3) is 0 Å². The third kappa shape index (κ3) is 2.85. The van der Waals surface area contributed by atoms with Gasteiger partial charge >= 0.3 is 5.97 Å². The molecule has 0 saturated heterocycles. The largest absolute Gasteiger partial charge is 0.478 e. The van der Waals surface area contributed by atoms with Crippen LogP contribution in [0.5, 0.6) is 11.5 Å². The fraction of sp³-hybridized carbons (Fsp3) is 0.133. The Morgan fingerprint density at radius 1 is 1.16 bits per heavy atom. The molecule has 0 radical (unpaired) electrons. The van der Waals surface area contributed by atoms with Crippen molar-refractivity contribution in [3.8, 4) is 11.5 Å². The standard InChI is InChI=1S/C15H15NO3/c1-9-3-6-14(10(2)7-9)19-11-4-5-13(16)12(8-11)15(17)18/h3-8H,16H2,1-2H3,(H,17,18). The number of ether oxygens (including phenoxy) is 1. The molecule has 4 nitrogen and oxygen atoms in total. The van der Waals surface area contributed by atoms with Gasteiger partial charge in [0.2, 0.25) is 0 Å². The zero-order chi connectivity index (χ0) is 14.0. The van der Waals surface area contributed by atoms with Crippen LogP contribution in [0.2, 0.25) is 0 Å². The van der Waals surface area contributed by atoms with Crippen molar-refractivity contribution in [1.82, 2.24) is 0 Å². The van der Waals surface area contributed by atoms with E-state index in [1.54, 1.807) is 6.07 Å². The Bertz CT molecular complexity index is 635. The van der Waals surface area contributed by atoms with Crippen molar-refractivity contribution in [2.45, 2.75) is 13.8 Å². The van der Waals surface area contributed by atoms with Crippen LogP contribution in [-0.2, 0) is 0 Å². The van der Waals surface area contributed by atoms with E-state index in [1.807, 2.05) is 32.0 Å². The van der Waals surface area contributed by atoms with E-state index in [-0.39, 0.29) is 11.3 Å². The minimum Gasteiger partial charge on any atom is -0.478 e. The summed E-state index contributed by atoms with van der Waals surface area (Å²) < 4.78 is 5.69. The lowest BCUT2D eigenvalue weighted by Gasteiger charge is -2.10. The van der Waals surface area contributed by atoms with Crippen LogP contribution < -0.4 is 10.5 Å². The van der Waals surface area contributed by atoms with Gasteiger partial charge in [0.1, 0.15) is 11.5 Å². The van der Waals surface area contributed by atoms with E-state index in [9.17, 15) is 4.79 Å². The smallest absolute Gasteiger partial charge is 0.337 e. The molecular weight excluding hydrogens is 242 g/mol. The number of hydrogen-bond acceptors (Lipinski definition) is 3. The summed E-state index contributed by atoms with van der Waals surface area (Å²) in [6.45, 7) is 3.94. The fourth-order valence-corrected chi connectivity index (χ4v) is 1.82. The van der Waals surface area contributed by atoms with Gasteiger partial charge < -0.3 is 15.6 Å². The molecular formula is C15H15NO3. The Balaban J connectivity index is 2.33. The molecule has 0 saturated carbocycles. The first-order valence-electron chi connectivity index (χ1n) is 5.85. The highest BCUT2D eigenvalue weighted by atomic mass is 16.5. The first kappa shape index (κ1) is 13.0. The van der Waals surface area contributed by atoms with E-state index in [1.165, 1.54) is 12.1 Å². The van der Waals surface area contributed by atoms with Gasteiger partial charge in [-0.25, -0.2) is 4.79 Å². The van der Waals surface area contributed by atoms with Gasteiger partial charge in [-0.05, 0) is 43.7 Å². The minimum atomic E-state index is -1.07. The van der Waals surface area contributed by atoms with Crippen molar-refractivity contribution in [3.63, 3.8) is 0 Å². The van der Waals surface area contributed by atoms with Crippen LogP contribution in [0.15, 0.2) is 36.4 Å². The monoisotopic (exact) mass is 257 g/mol. The van der Waals surface area contributed by atoms with Gasteiger partial charge in [-0.15, -0.1) is 0 Å². The predicted octanol–water partition coefficient (Wildman–Crippen LogP) is 3.38. The molecule has 0 aromatic heterocycles. The number of aryl methyl sites for hydroxylation is 2. The lowest BCUT2D eigenvalue weighted by Crippen LogP contribution is -2.02. The van der Waals surface area contributed by atoms with Crippen molar-refractivity contribution in [3.05, 3.63) is 53.1 Å². The first-order chi connectivity index (χ1) is 8.97. The number of carboxylic acid groups (broad SMARTS) is 1. The van der Waals surface area contributed by atoms with Gasteiger partial charge in [0.05, 0.1) is 5.56 Å². The molecule has 4 heteroatoms. The molecule has 0 spiro atoms. The molecule has 2 aromatic carbocycles. The summed E-state index contributed by atoms with van der Waals surface area (Å²) >= 11 is 0. The van der Waals surface area contributed by atoms with E-state index < -0.39 is 5.97 Å². The van der Waals surface area contributed by atoms with Gasteiger partial charge in [0, 0.05) is 5.69 Å². The van der Waals surface area contributed by atoms with Gasteiger partial charge in [-0.2, -0.15) is 0 Å². The normalized spacial score (nSPS) is 10.2. The number of nitrogens with two attached hydrogens (primary N) is 1. The molecule has 0 atom stereocenters. The highest BCUT2D eigenvalue weighted by Gasteiger charge is 2.10. The molecule has 0 fully saturated rings. The third-order valence-electron chi connectivity index (χ3n) is 2.81. The van der Waals surface area contributed by atoms with E-state index in [0.717, 1.165) is 11.1 Å². The molecule has 0 aliphatic rings. The van der Waals surface area contributed by atoms with E-state index in [2.05, 4.69) is 0 Å². The summed E-state index contributed by atoms with van der Waals surface area (Å²) in [4.78, 5) is 11.0. The van der Waals surface area contributed by atoms with Gasteiger partial charge in [-0.3, -0.25) is 0 Å². The average Bonchev–Trinajstić information content (AvgIpc) is 2.34. The highest BCUT2D eigenvalue weighted by Crippen LogP contribution is 2.28. The second-order valence-electron chi connectivity index (χ2n) is 4.43. The van der Waals surface area contributed by atoms with Crippen LogP contribution in [0.4, 0.5) is 5.69 Å². The molecule has 3 N–H and O–H groups in total. The fourth-order valence-electron chi connectivity index (χ4n) is 1.82. The molecule has 0 heterocycles. The van der Waals surface area contributed by atoms with Crippen molar-refractivity contribution in [2.24, 2.45) is 0 Å². The molecule has 98 valence electrons. The lowest BCUT2D eigenvalue weighted by atomic mass is 10.1. The van der Waals surface area contributed by atoms with Crippen LogP contribution in [0.3, 0.4) is 0 Å². The summed E-state index contributed by atoms with van der Waals surface area (Å²) in [7, 11) is 0. The number of anilines is 1. The van der Waals surface area contributed by atoms with Crippen molar-refractivity contribution >= 4 is 11.7 Å². The number of carboxylic acids is 1. The van der Waals surface area contributed by atoms with E-state index >= 15 is 0 Å². The second-order valence-corrected chi connectivity index (χ2v) is 4.43.